The number of Topliss-reactive ketones (excluding diaryl/α,β-unsaturated/α-hetero) is 3. The van der Waals surface area contributed by atoms with Crippen LogP contribution in [0.25, 0.3) is 4.85 Å². The summed E-state index contributed by atoms with van der Waals surface area (Å²) in [7, 11) is 0. The lowest BCUT2D eigenvalue weighted by molar-refractivity contribution is -0.125. The molecule has 124 valence electrons. The van der Waals surface area contributed by atoms with Gasteiger partial charge in [0.1, 0.15) is 5.78 Å². The van der Waals surface area contributed by atoms with Crippen molar-refractivity contribution < 1.29 is 18.8 Å². The molecule has 0 heterocycles. The smallest absolute Gasteiger partial charge is 0.290 e. The maximum Gasteiger partial charge on any atom is 0.290 e. The summed E-state index contributed by atoms with van der Waals surface area (Å²) in [4.78, 5) is 34.5. The van der Waals surface area contributed by atoms with E-state index in [0.717, 1.165) is 12.8 Å². The Balaban J connectivity index is 0.000000315. The van der Waals surface area contributed by atoms with E-state index in [9.17, 15) is 18.8 Å². The summed E-state index contributed by atoms with van der Waals surface area (Å²) in [5.74, 6) is 0.153. The molecule has 0 radical (unpaired) electrons. The van der Waals surface area contributed by atoms with E-state index < -0.39 is 11.2 Å². The van der Waals surface area contributed by atoms with Crippen LogP contribution in [0.4, 0.5) is 4.39 Å². The minimum Gasteiger partial charge on any atom is -0.302 e. The van der Waals surface area contributed by atoms with Gasteiger partial charge >= 0.3 is 0 Å². The van der Waals surface area contributed by atoms with Gasteiger partial charge in [-0.3, -0.25) is 9.59 Å². The molecule has 0 aliphatic heterocycles. The van der Waals surface area contributed by atoms with Crippen molar-refractivity contribution in [3.63, 3.8) is 0 Å². The first-order valence-corrected chi connectivity index (χ1v) is 7.84. The SMILES string of the molecule is CCC(=O)C1(F)CC1.CCC(C)=O.[C-]#[N+]C1(C(=O)CC)CC1. The summed E-state index contributed by atoms with van der Waals surface area (Å²) in [5.41, 5.74) is -1.93. The number of nitrogens with zero attached hydrogens (tertiary/aromatic N) is 1. The summed E-state index contributed by atoms with van der Waals surface area (Å²) in [6, 6.07) is 0. The fraction of sp³-hybridized carbons (Fsp3) is 0.765. The maximum atomic E-state index is 12.5. The highest BCUT2D eigenvalue weighted by Gasteiger charge is 2.56. The quantitative estimate of drug-likeness (QED) is 0.724. The molecule has 22 heavy (non-hydrogen) atoms. The summed E-state index contributed by atoms with van der Waals surface area (Å²) in [5, 5.41) is 0. The molecule has 5 heteroatoms. The molecule has 2 aliphatic carbocycles. The highest BCUT2D eigenvalue weighted by Crippen LogP contribution is 2.41. The van der Waals surface area contributed by atoms with Crippen molar-refractivity contribution in [3.05, 3.63) is 11.4 Å². The van der Waals surface area contributed by atoms with E-state index in [0.29, 0.717) is 32.1 Å². The molecule has 0 unspecified atom stereocenters. The van der Waals surface area contributed by atoms with Gasteiger partial charge < -0.3 is 9.64 Å². The fourth-order valence-corrected chi connectivity index (χ4v) is 1.61. The Bertz CT molecular complexity index is 457. The highest BCUT2D eigenvalue weighted by molar-refractivity contribution is 5.93. The van der Waals surface area contributed by atoms with Gasteiger partial charge in [-0.15, -0.1) is 0 Å². The van der Waals surface area contributed by atoms with E-state index in [-0.39, 0.29) is 17.3 Å². The molecule has 2 rings (SSSR count). The zero-order valence-electron chi connectivity index (χ0n) is 14.0. The minimum atomic E-state index is -1.38. The topological polar surface area (TPSA) is 55.6 Å². The van der Waals surface area contributed by atoms with Crippen LogP contribution in [0.3, 0.4) is 0 Å². The third kappa shape index (κ3) is 6.46. The fourth-order valence-electron chi connectivity index (χ4n) is 1.61. The van der Waals surface area contributed by atoms with E-state index >= 15 is 0 Å². The first kappa shape index (κ1) is 20.4. The number of rotatable bonds is 5. The first-order valence-electron chi connectivity index (χ1n) is 7.84. The van der Waals surface area contributed by atoms with Crippen LogP contribution in [0, 0.1) is 6.57 Å². The number of carbonyl (C=O) groups excluding carboxylic acids is 3. The summed E-state index contributed by atoms with van der Waals surface area (Å²) in [6.07, 6.45) is 4.03. The number of hydrogen-bond donors (Lipinski definition) is 0. The molecule has 0 aromatic heterocycles. The van der Waals surface area contributed by atoms with Crippen LogP contribution in [0.15, 0.2) is 0 Å². The summed E-state index contributed by atoms with van der Waals surface area (Å²) in [6.45, 7) is 13.6. The molecule has 2 aliphatic rings. The number of alkyl halides is 1. The monoisotopic (exact) mass is 311 g/mol. The lowest BCUT2D eigenvalue weighted by Crippen LogP contribution is -2.16. The minimum absolute atomic E-state index is 0.123. The molecule has 0 N–H and O–H groups in total. The molecule has 0 amide bonds. The van der Waals surface area contributed by atoms with Gasteiger partial charge in [0.25, 0.3) is 5.54 Å². The van der Waals surface area contributed by atoms with Gasteiger partial charge in [-0.2, -0.15) is 0 Å². The van der Waals surface area contributed by atoms with Gasteiger partial charge in [-0.05, 0) is 19.8 Å². The van der Waals surface area contributed by atoms with Crippen molar-refractivity contribution in [2.75, 3.05) is 0 Å². The highest BCUT2D eigenvalue weighted by atomic mass is 19.1. The van der Waals surface area contributed by atoms with E-state index in [4.69, 9.17) is 6.57 Å². The molecule has 0 spiro atoms. The Hall–Kier alpha value is -1.57. The average molecular weight is 311 g/mol. The van der Waals surface area contributed by atoms with Crippen LogP contribution in [0.2, 0.25) is 0 Å². The standard InChI is InChI=1S/C7H9NO.C6H9FO.C4H8O/c1-3-6(9)7(8-2)4-5-7;1-2-5(8)6(7)3-4-6;1-3-4(2)5/h3-5H2,1H3;2-4H2,1H3;3H2,1-2H3. The summed E-state index contributed by atoms with van der Waals surface area (Å²) >= 11 is 0. The summed E-state index contributed by atoms with van der Waals surface area (Å²) < 4.78 is 12.5. The van der Waals surface area contributed by atoms with Crippen LogP contribution < -0.4 is 0 Å². The Morgan fingerprint density at radius 2 is 1.36 bits per heavy atom. The Labute approximate surface area is 132 Å². The van der Waals surface area contributed by atoms with E-state index in [1.54, 1.807) is 13.8 Å². The molecule has 4 nitrogen and oxygen atoms in total. The van der Waals surface area contributed by atoms with Crippen LogP contribution in [0.1, 0.15) is 72.6 Å². The Kier molecular flexibility index (Phi) is 8.15. The van der Waals surface area contributed by atoms with Crippen molar-refractivity contribution in [2.45, 2.75) is 83.8 Å². The molecule has 0 atom stereocenters. The van der Waals surface area contributed by atoms with Crippen LogP contribution in [-0.4, -0.2) is 28.6 Å². The molecular weight excluding hydrogens is 285 g/mol. The number of hydrogen-bond acceptors (Lipinski definition) is 3. The zero-order valence-corrected chi connectivity index (χ0v) is 14.0. The average Bonchev–Trinajstić information content (AvgIpc) is 3.43. The van der Waals surface area contributed by atoms with Gasteiger partial charge in [0.15, 0.2) is 11.5 Å². The van der Waals surface area contributed by atoms with Crippen molar-refractivity contribution in [1.29, 1.82) is 0 Å². The molecule has 2 saturated carbocycles. The predicted molar refractivity (Wildman–Crippen MR) is 83.2 cm³/mol. The second-order valence-corrected chi connectivity index (χ2v) is 5.72. The molecule has 2 fully saturated rings. The second kappa shape index (κ2) is 8.77. The predicted octanol–water partition coefficient (Wildman–Crippen LogP) is 3.87. The lowest BCUT2D eigenvalue weighted by Gasteiger charge is -1.96. The van der Waals surface area contributed by atoms with Crippen molar-refractivity contribution in [2.24, 2.45) is 0 Å². The maximum absolute atomic E-state index is 12.5. The van der Waals surface area contributed by atoms with Gasteiger partial charge in [0, 0.05) is 32.1 Å². The normalized spacial score (nSPS) is 18.4. The Morgan fingerprint density at radius 3 is 1.45 bits per heavy atom. The number of carbonyl (C=O) groups is 3. The number of halogens is 1. The molecule has 0 bridgehead atoms. The molecule has 0 aromatic carbocycles. The van der Waals surface area contributed by atoms with Gasteiger partial charge in [-0.25, -0.2) is 11.0 Å². The van der Waals surface area contributed by atoms with Crippen LogP contribution in [-0.2, 0) is 14.4 Å². The van der Waals surface area contributed by atoms with Crippen molar-refractivity contribution in [3.8, 4) is 0 Å². The number of ketones is 3. The van der Waals surface area contributed by atoms with Crippen LogP contribution >= 0.6 is 0 Å². The van der Waals surface area contributed by atoms with E-state index in [1.165, 1.54) is 0 Å². The van der Waals surface area contributed by atoms with Gasteiger partial charge in [0.05, 0.1) is 0 Å². The second-order valence-electron chi connectivity index (χ2n) is 5.72. The van der Waals surface area contributed by atoms with E-state index in [1.807, 2.05) is 13.8 Å². The Morgan fingerprint density at radius 1 is 0.955 bits per heavy atom. The third-order valence-electron chi connectivity index (χ3n) is 3.79. The molecule has 0 aromatic rings. The van der Waals surface area contributed by atoms with Gasteiger partial charge in [0.2, 0.25) is 5.78 Å². The molecular formula is C17H26FNO3. The van der Waals surface area contributed by atoms with Crippen LogP contribution in [0.5, 0.6) is 0 Å². The largest absolute Gasteiger partial charge is 0.302 e. The van der Waals surface area contributed by atoms with E-state index in [2.05, 4.69) is 4.85 Å². The lowest BCUT2D eigenvalue weighted by atomic mass is 10.1. The van der Waals surface area contributed by atoms with Crippen molar-refractivity contribution >= 4 is 17.3 Å². The van der Waals surface area contributed by atoms with Crippen molar-refractivity contribution in [1.82, 2.24) is 0 Å². The third-order valence-corrected chi connectivity index (χ3v) is 3.79. The molecule has 0 saturated heterocycles. The first-order chi connectivity index (χ1) is 10.2. The zero-order chi connectivity index (χ0) is 17.4. The van der Waals surface area contributed by atoms with Gasteiger partial charge in [-0.1, -0.05) is 20.8 Å².